The van der Waals surface area contributed by atoms with Gasteiger partial charge in [-0.3, -0.25) is 14.4 Å². The van der Waals surface area contributed by atoms with E-state index in [2.05, 4.69) is 0 Å². The van der Waals surface area contributed by atoms with Crippen LogP contribution in [0.5, 0.6) is 0 Å². The van der Waals surface area contributed by atoms with E-state index < -0.39 is 17.6 Å². The molecule has 3 saturated heterocycles. The highest BCUT2D eigenvalue weighted by molar-refractivity contribution is 6.35. The zero-order valence-corrected chi connectivity index (χ0v) is 16.8. The van der Waals surface area contributed by atoms with Gasteiger partial charge in [0.1, 0.15) is 6.54 Å². The molecule has 0 bridgehead atoms. The maximum Gasteiger partial charge on any atom is 0.312 e. The summed E-state index contributed by atoms with van der Waals surface area (Å²) < 4.78 is 11.4. The third-order valence-electron chi connectivity index (χ3n) is 5.91. The highest BCUT2D eigenvalue weighted by Crippen LogP contribution is 2.31. The molecule has 1 spiro atoms. The molecule has 0 N–H and O–H groups in total. The first-order valence-corrected chi connectivity index (χ1v) is 10.2. The molecule has 29 heavy (non-hydrogen) atoms. The average Bonchev–Trinajstić information content (AvgIpc) is 3.17. The predicted octanol–water partition coefficient (Wildman–Crippen LogP) is 0.531. The molecule has 156 valence electrons. The van der Waals surface area contributed by atoms with E-state index in [4.69, 9.17) is 9.47 Å². The second kappa shape index (κ2) is 8.12. The van der Waals surface area contributed by atoms with Crippen LogP contribution in [0.1, 0.15) is 24.0 Å². The largest absolute Gasteiger partial charge is 0.347 e. The average molecular weight is 401 g/mol. The lowest BCUT2D eigenvalue weighted by molar-refractivity contribution is -0.188. The summed E-state index contributed by atoms with van der Waals surface area (Å²) in [4.78, 5) is 42.3. The van der Waals surface area contributed by atoms with Crippen LogP contribution in [0.15, 0.2) is 24.3 Å². The number of likely N-dealkylation sites (tertiary alicyclic amines) is 1. The Labute approximate surface area is 170 Å². The van der Waals surface area contributed by atoms with Crippen molar-refractivity contribution in [3.63, 3.8) is 0 Å². The molecule has 0 saturated carbocycles. The summed E-state index contributed by atoms with van der Waals surface area (Å²) in [6, 6.07) is 7.90. The second-order valence-electron chi connectivity index (χ2n) is 7.93. The lowest BCUT2D eigenvalue weighted by Crippen LogP contribution is -2.57. The fraction of sp³-hybridized carbons (Fsp3) is 0.571. The highest BCUT2D eigenvalue weighted by Gasteiger charge is 2.41. The van der Waals surface area contributed by atoms with Crippen LogP contribution in [0.25, 0.3) is 0 Å². The summed E-state index contributed by atoms with van der Waals surface area (Å²) in [5, 5.41) is 0. The number of ether oxygens (including phenoxy) is 2. The van der Waals surface area contributed by atoms with Crippen molar-refractivity contribution in [1.29, 1.82) is 0 Å². The van der Waals surface area contributed by atoms with Gasteiger partial charge < -0.3 is 24.2 Å². The van der Waals surface area contributed by atoms with Crippen LogP contribution in [0.4, 0.5) is 0 Å². The molecule has 0 radical (unpaired) electrons. The molecule has 3 fully saturated rings. The molecule has 1 aromatic carbocycles. The lowest BCUT2D eigenvalue weighted by Gasteiger charge is -2.39. The normalized spacial score (nSPS) is 21.9. The summed E-state index contributed by atoms with van der Waals surface area (Å²) in [7, 11) is 0. The van der Waals surface area contributed by atoms with Gasteiger partial charge in [-0.05, 0) is 12.5 Å². The van der Waals surface area contributed by atoms with E-state index in [1.165, 1.54) is 4.90 Å². The van der Waals surface area contributed by atoms with Gasteiger partial charge in [-0.25, -0.2) is 0 Å². The van der Waals surface area contributed by atoms with Gasteiger partial charge in [0.05, 0.1) is 13.2 Å². The monoisotopic (exact) mass is 401 g/mol. The van der Waals surface area contributed by atoms with E-state index in [-0.39, 0.29) is 12.5 Å². The maximum absolute atomic E-state index is 12.7. The van der Waals surface area contributed by atoms with Crippen LogP contribution < -0.4 is 0 Å². The Balaban J connectivity index is 1.29. The molecule has 0 aromatic heterocycles. The van der Waals surface area contributed by atoms with Crippen molar-refractivity contribution < 1.29 is 23.9 Å². The second-order valence-corrected chi connectivity index (χ2v) is 7.93. The first kappa shape index (κ1) is 19.8. The van der Waals surface area contributed by atoms with Gasteiger partial charge >= 0.3 is 11.8 Å². The summed E-state index contributed by atoms with van der Waals surface area (Å²) >= 11 is 0. The Morgan fingerprint density at radius 2 is 1.52 bits per heavy atom. The molecule has 4 rings (SSSR count). The summed E-state index contributed by atoms with van der Waals surface area (Å²) in [5.74, 6) is -1.82. The summed E-state index contributed by atoms with van der Waals surface area (Å²) in [6.45, 7) is 5.41. The molecule has 8 heteroatoms. The highest BCUT2D eigenvalue weighted by atomic mass is 16.7. The van der Waals surface area contributed by atoms with Gasteiger partial charge in [0.25, 0.3) is 0 Å². The number of piperidine rings is 1. The van der Waals surface area contributed by atoms with E-state index in [0.717, 1.165) is 11.1 Å². The van der Waals surface area contributed by atoms with Crippen molar-refractivity contribution in [2.45, 2.75) is 32.1 Å². The van der Waals surface area contributed by atoms with E-state index in [0.29, 0.717) is 58.8 Å². The third-order valence-corrected chi connectivity index (χ3v) is 5.91. The molecule has 8 nitrogen and oxygen atoms in total. The Morgan fingerprint density at radius 3 is 2.17 bits per heavy atom. The summed E-state index contributed by atoms with van der Waals surface area (Å²) in [5.41, 5.74) is 2.13. The van der Waals surface area contributed by atoms with Crippen molar-refractivity contribution in [3.8, 4) is 0 Å². The minimum atomic E-state index is -0.604. The number of piperazine rings is 1. The molecule has 3 amide bonds. The van der Waals surface area contributed by atoms with E-state index in [1.807, 2.05) is 31.2 Å². The maximum atomic E-state index is 12.7. The molecule has 3 heterocycles. The zero-order valence-electron chi connectivity index (χ0n) is 16.8. The van der Waals surface area contributed by atoms with Gasteiger partial charge in [-0.2, -0.15) is 0 Å². The number of hydrogen-bond donors (Lipinski definition) is 0. The summed E-state index contributed by atoms with van der Waals surface area (Å²) in [6.07, 6.45) is 1.27. The number of benzene rings is 1. The number of nitrogens with zero attached hydrogens (tertiary/aromatic N) is 3. The number of hydrogen-bond acceptors (Lipinski definition) is 5. The van der Waals surface area contributed by atoms with Crippen molar-refractivity contribution in [2.24, 2.45) is 0 Å². The number of aryl methyl sites for hydroxylation is 1. The van der Waals surface area contributed by atoms with Crippen LogP contribution in [0.3, 0.4) is 0 Å². The van der Waals surface area contributed by atoms with Gasteiger partial charge in [0, 0.05) is 45.6 Å². The van der Waals surface area contributed by atoms with Crippen LogP contribution in [-0.4, -0.2) is 84.1 Å². The van der Waals surface area contributed by atoms with Crippen LogP contribution in [-0.2, 0) is 30.4 Å². The first-order valence-electron chi connectivity index (χ1n) is 10.2. The molecular weight excluding hydrogens is 374 g/mol. The SMILES string of the molecule is Cc1ccc(CN2CCN(CC(=O)N3CCC4(CC3)OCCO4)C(=O)C2=O)cc1. The Kier molecular flexibility index (Phi) is 5.56. The van der Waals surface area contributed by atoms with Gasteiger partial charge in [-0.1, -0.05) is 29.8 Å². The zero-order chi connectivity index (χ0) is 20.4. The molecular formula is C21H27N3O5. The Morgan fingerprint density at radius 1 is 0.931 bits per heavy atom. The third kappa shape index (κ3) is 4.28. The number of carbonyl (C=O) groups is 3. The minimum Gasteiger partial charge on any atom is -0.347 e. The molecule has 0 aliphatic carbocycles. The number of amides is 3. The van der Waals surface area contributed by atoms with Gasteiger partial charge in [0.15, 0.2) is 5.79 Å². The molecule has 1 aromatic rings. The molecule has 3 aliphatic heterocycles. The molecule has 0 unspecified atom stereocenters. The number of carbonyl (C=O) groups excluding carboxylic acids is 3. The van der Waals surface area contributed by atoms with Crippen molar-refractivity contribution in [3.05, 3.63) is 35.4 Å². The van der Waals surface area contributed by atoms with Crippen LogP contribution >= 0.6 is 0 Å². The smallest absolute Gasteiger partial charge is 0.312 e. The molecule has 3 aliphatic rings. The van der Waals surface area contributed by atoms with Crippen LogP contribution in [0.2, 0.25) is 0 Å². The topological polar surface area (TPSA) is 79.4 Å². The van der Waals surface area contributed by atoms with Crippen molar-refractivity contribution in [2.75, 3.05) is 45.9 Å². The van der Waals surface area contributed by atoms with E-state index in [1.54, 1.807) is 9.80 Å². The molecule has 0 atom stereocenters. The standard InChI is InChI=1S/C21H27N3O5/c1-16-2-4-17(5-3-16)14-23-10-11-24(20(27)19(23)26)15-18(25)22-8-6-21(7-9-22)28-12-13-29-21/h2-5H,6-15H2,1H3. The first-order chi connectivity index (χ1) is 14.0. The predicted molar refractivity (Wildman–Crippen MR) is 104 cm³/mol. The van der Waals surface area contributed by atoms with Crippen LogP contribution in [0, 0.1) is 6.92 Å². The van der Waals surface area contributed by atoms with Gasteiger partial charge in [0.2, 0.25) is 5.91 Å². The Bertz CT molecular complexity index is 778. The van der Waals surface area contributed by atoms with E-state index >= 15 is 0 Å². The van der Waals surface area contributed by atoms with E-state index in [9.17, 15) is 14.4 Å². The Hall–Kier alpha value is -2.45. The van der Waals surface area contributed by atoms with Crippen molar-refractivity contribution >= 4 is 17.7 Å². The van der Waals surface area contributed by atoms with Crippen molar-refractivity contribution in [1.82, 2.24) is 14.7 Å². The fourth-order valence-corrected chi connectivity index (χ4v) is 4.08. The minimum absolute atomic E-state index is 0.0579. The number of rotatable bonds is 4. The quantitative estimate of drug-likeness (QED) is 0.688. The fourth-order valence-electron chi connectivity index (χ4n) is 4.08. The lowest BCUT2D eigenvalue weighted by atomic mass is 10.0. The van der Waals surface area contributed by atoms with Gasteiger partial charge in [-0.15, -0.1) is 0 Å².